The van der Waals surface area contributed by atoms with Gasteiger partial charge in [-0.3, -0.25) is 4.79 Å². The van der Waals surface area contributed by atoms with E-state index in [0.29, 0.717) is 12.5 Å². The molecule has 0 aromatic heterocycles. The Bertz CT molecular complexity index is 570. The Labute approximate surface area is 153 Å². The molecule has 3 heteroatoms. The molecule has 1 saturated heterocycles. The van der Waals surface area contributed by atoms with Crippen molar-refractivity contribution in [2.24, 2.45) is 5.92 Å². The van der Waals surface area contributed by atoms with Gasteiger partial charge >= 0.3 is 5.97 Å². The number of rotatable bonds is 3. The lowest BCUT2D eigenvalue weighted by Crippen LogP contribution is -2.36. The molecule has 2 atom stereocenters. The van der Waals surface area contributed by atoms with Gasteiger partial charge in [0.05, 0.1) is 11.2 Å². The predicted molar refractivity (Wildman–Crippen MR) is 102 cm³/mol. The number of carbonyl (C=O) groups excluding carboxylic acids is 1. The molecule has 0 aromatic rings. The van der Waals surface area contributed by atoms with Crippen LogP contribution in [0.25, 0.3) is 0 Å². The maximum Gasteiger partial charge on any atom is 0.302 e. The van der Waals surface area contributed by atoms with Crippen molar-refractivity contribution in [3.63, 3.8) is 0 Å². The van der Waals surface area contributed by atoms with Crippen LogP contribution in [0.1, 0.15) is 73.1 Å². The van der Waals surface area contributed by atoms with Gasteiger partial charge in [-0.15, -0.1) is 0 Å². The fourth-order valence-electron chi connectivity index (χ4n) is 3.73. The van der Waals surface area contributed by atoms with Crippen LogP contribution in [0.15, 0.2) is 35.5 Å². The highest BCUT2D eigenvalue weighted by atomic mass is 16.5. The third kappa shape index (κ3) is 5.57. The molecule has 0 spiro atoms. The summed E-state index contributed by atoms with van der Waals surface area (Å²) in [5.74, 6) is 0.166. The van der Waals surface area contributed by atoms with Crippen molar-refractivity contribution in [2.45, 2.75) is 84.3 Å². The first kappa shape index (κ1) is 20.0. The summed E-state index contributed by atoms with van der Waals surface area (Å²) in [6, 6.07) is 0. The molecule has 0 unspecified atom stereocenters. The van der Waals surface area contributed by atoms with Gasteiger partial charge in [-0.05, 0) is 63.9 Å². The van der Waals surface area contributed by atoms with E-state index in [1.54, 1.807) is 0 Å². The third-order valence-electron chi connectivity index (χ3n) is 5.59. The van der Waals surface area contributed by atoms with Crippen molar-refractivity contribution in [1.82, 2.24) is 0 Å². The summed E-state index contributed by atoms with van der Waals surface area (Å²) in [4.78, 5) is 11.2. The van der Waals surface area contributed by atoms with E-state index in [1.807, 2.05) is 0 Å². The van der Waals surface area contributed by atoms with E-state index in [-0.39, 0.29) is 17.2 Å². The average molecular weight is 347 g/mol. The maximum absolute atomic E-state index is 11.2. The van der Waals surface area contributed by atoms with E-state index in [2.05, 4.69) is 52.0 Å². The first-order chi connectivity index (χ1) is 11.7. The Hall–Kier alpha value is -1.35. The van der Waals surface area contributed by atoms with Crippen molar-refractivity contribution < 1.29 is 14.3 Å². The molecular weight excluding hydrogens is 312 g/mol. The van der Waals surface area contributed by atoms with Crippen molar-refractivity contribution in [2.75, 3.05) is 6.61 Å². The number of fused-ring (bicyclic) bond motifs is 2. The second-order valence-electron chi connectivity index (χ2n) is 8.18. The molecule has 2 rings (SSSR count). The van der Waals surface area contributed by atoms with Crippen LogP contribution >= 0.6 is 0 Å². The van der Waals surface area contributed by atoms with Gasteiger partial charge < -0.3 is 9.47 Å². The molecule has 0 aromatic carbocycles. The molecule has 2 heterocycles. The SMILES string of the molecule is CC(=O)OCC1=C\CC/C(C)=C/CC[C@@]2(C)CC[C@@](C(C)C)(\C=C\1)O2. The summed E-state index contributed by atoms with van der Waals surface area (Å²) in [5, 5.41) is 0. The van der Waals surface area contributed by atoms with E-state index < -0.39 is 0 Å². The summed E-state index contributed by atoms with van der Waals surface area (Å²) < 4.78 is 11.9. The second-order valence-corrected chi connectivity index (χ2v) is 8.18. The summed E-state index contributed by atoms with van der Waals surface area (Å²) in [5.41, 5.74) is 2.19. The molecular formula is C22H34O3. The number of hydrogen-bond acceptors (Lipinski definition) is 3. The van der Waals surface area contributed by atoms with Gasteiger partial charge in [0, 0.05) is 6.92 Å². The first-order valence-corrected chi connectivity index (χ1v) is 9.62. The fraction of sp³-hybridized carbons (Fsp3) is 0.682. The average Bonchev–Trinajstić information content (AvgIpc) is 2.88. The number of carbonyl (C=O) groups is 1. The summed E-state index contributed by atoms with van der Waals surface area (Å²) in [6.45, 7) is 10.7. The Kier molecular flexibility index (Phi) is 6.67. The highest BCUT2D eigenvalue weighted by molar-refractivity contribution is 5.66. The van der Waals surface area contributed by atoms with E-state index in [4.69, 9.17) is 9.47 Å². The van der Waals surface area contributed by atoms with Crippen LogP contribution in [-0.2, 0) is 14.3 Å². The van der Waals surface area contributed by atoms with Crippen LogP contribution in [0.4, 0.5) is 0 Å². The fourth-order valence-corrected chi connectivity index (χ4v) is 3.73. The first-order valence-electron chi connectivity index (χ1n) is 9.62. The summed E-state index contributed by atoms with van der Waals surface area (Å²) in [6.07, 6.45) is 15.2. The molecule has 2 aliphatic rings. The minimum absolute atomic E-state index is 0.0563. The van der Waals surface area contributed by atoms with Crippen LogP contribution in [0.2, 0.25) is 0 Å². The molecule has 0 aliphatic carbocycles. The normalized spacial score (nSPS) is 36.2. The van der Waals surface area contributed by atoms with E-state index in [0.717, 1.165) is 44.1 Å². The molecule has 2 bridgehead atoms. The molecule has 25 heavy (non-hydrogen) atoms. The van der Waals surface area contributed by atoms with E-state index in [1.165, 1.54) is 12.5 Å². The van der Waals surface area contributed by atoms with Gasteiger partial charge in [0.1, 0.15) is 6.61 Å². The van der Waals surface area contributed by atoms with Gasteiger partial charge in [0.15, 0.2) is 0 Å². The molecule has 0 amide bonds. The second kappa shape index (κ2) is 8.35. The van der Waals surface area contributed by atoms with Gasteiger partial charge in [-0.1, -0.05) is 43.7 Å². The molecule has 2 aliphatic heterocycles. The maximum atomic E-state index is 11.2. The van der Waals surface area contributed by atoms with Crippen LogP contribution < -0.4 is 0 Å². The Morgan fingerprint density at radius 3 is 2.68 bits per heavy atom. The zero-order chi connectivity index (χ0) is 18.5. The zero-order valence-corrected chi connectivity index (χ0v) is 16.6. The largest absolute Gasteiger partial charge is 0.461 e. The number of ether oxygens (including phenoxy) is 2. The number of esters is 1. The van der Waals surface area contributed by atoms with Gasteiger partial charge in [0.25, 0.3) is 0 Å². The van der Waals surface area contributed by atoms with Gasteiger partial charge in [-0.25, -0.2) is 0 Å². The Morgan fingerprint density at radius 2 is 2.00 bits per heavy atom. The lowest BCUT2D eigenvalue weighted by molar-refractivity contribution is -0.139. The van der Waals surface area contributed by atoms with Crippen molar-refractivity contribution >= 4 is 5.97 Å². The quantitative estimate of drug-likeness (QED) is 0.499. The number of allylic oxidation sites excluding steroid dienone is 3. The molecule has 3 nitrogen and oxygen atoms in total. The van der Waals surface area contributed by atoms with Crippen LogP contribution in [-0.4, -0.2) is 23.8 Å². The van der Waals surface area contributed by atoms with Gasteiger partial charge in [-0.2, -0.15) is 0 Å². The minimum Gasteiger partial charge on any atom is -0.461 e. The molecule has 140 valence electrons. The van der Waals surface area contributed by atoms with Crippen LogP contribution in [0, 0.1) is 5.92 Å². The van der Waals surface area contributed by atoms with Crippen molar-refractivity contribution in [1.29, 1.82) is 0 Å². The Balaban J connectivity index is 2.30. The molecule has 0 radical (unpaired) electrons. The monoisotopic (exact) mass is 346 g/mol. The highest BCUT2D eigenvalue weighted by Gasteiger charge is 2.46. The highest BCUT2D eigenvalue weighted by Crippen LogP contribution is 2.45. The Morgan fingerprint density at radius 1 is 1.24 bits per heavy atom. The van der Waals surface area contributed by atoms with Crippen LogP contribution in [0.5, 0.6) is 0 Å². The van der Waals surface area contributed by atoms with Crippen molar-refractivity contribution in [3.05, 3.63) is 35.5 Å². The van der Waals surface area contributed by atoms with Crippen molar-refractivity contribution in [3.8, 4) is 0 Å². The smallest absolute Gasteiger partial charge is 0.302 e. The third-order valence-corrected chi connectivity index (χ3v) is 5.59. The van der Waals surface area contributed by atoms with Gasteiger partial charge in [0.2, 0.25) is 0 Å². The minimum atomic E-state index is -0.239. The van der Waals surface area contributed by atoms with Crippen LogP contribution in [0.3, 0.4) is 0 Å². The lowest BCUT2D eigenvalue weighted by Gasteiger charge is -2.34. The topological polar surface area (TPSA) is 35.5 Å². The lowest BCUT2D eigenvalue weighted by atomic mass is 9.85. The summed E-state index contributed by atoms with van der Waals surface area (Å²) in [7, 11) is 0. The molecule has 1 fully saturated rings. The predicted octanol–water partition coefficient (Wildman–Crippen LogP) is 5.52. The standard InChI is InChI=1S/C22H34O3/c1-17(2)22-13-11-20(16-24-19(4)23)10-6-8-18(3)9-7-12-21(5,25-22)14-15-22/h9-11,13,17H,6-8,12,14-16H2,1-5H3/b13-11+,18-9+,20-10-/t21-,22+/m0/s1. The van der Waals surface area contributed by atoms with E-state index in [9.17, 15) is 4.79 Å². The summed E-state index contributed by atoms with van der Waals surface area (Å²) >= 11 is 0. The van der Waals surface area contributed by atoms with E-state index >= 15 is 0 Å². The molecule has 0 saturated carbocycles. The molecule has 0 N–H and O–H groups in total. The zero-order valence-electron chi connectivity index (χ0n) is 16.6. The number of hydrogen-bond donors (Lipinski definition) is 0.